The second-order valence-electron chi connectivity index (χ2n) is 5.06. The summed E-state index contributed by atoms with van der Waals surface area (Å²) in [6.07, 6.45) is 1.81. The lowest BCUT2D eigenvalue weighted by molar-refractivity contribution is 0.563. The van der Waals surface area contributed by atoms with Gasteiger partial charge < -0.3 is 5.32 Å². The molecule has 1 unspecified atom stereocenters. The summed E-state index contributed by atoms with van der Waals surface area (Å²) in [6, 6.07) is 8.85. The fourth-order valence-corrected chi connectivity index (χ4v) is 2.20. The number of aromatic nitrogens is 2. The number of aryl methyl sites for hydroxylation is 3. The zero-order valence-electron chi connectivity index (χ0n) is 12.1. The average molecular weight is 255 g/mol. The van der Waals surface area contributed by atoms with Gasteiger partial charge in [-0.3, -0.25) is 0 Å². The van der Waals surface area contributed by atoms with Crippen molar-refractivity contribution in [2.45, 2.75) is 40.3 Å². The lowest BCUT2D eigenvalue weighted by Gasteiger charge is -2.17. The summed E-state index contributed by atoms with van der Waals surface area (Å²) < 4.78 is 0. The van der Waals surface area contributed by atoms with Crippen LogP contribution in [0.15, 0.2) is 30.5 Å². The van der Waals surface area contributed by atoms with Crippen LogP contribution in [0.4, 0.5) is 0 Å². The normalized spacial score (nSPS) is 12.4. The van der Waals surface area contributed by atoms with Crippen molar-refractivity contribution < 1.29 is 0 Å². The molecule has 0 amide bonds. The number of hydrogen-bond donors (Lipinski definition) is 1. The molecule has 3 nitrogen and oxygen atoms in total. The van der Waals surface area contributed by atoms with E-state index in [1.807, 2.05) is 19.2 Å². The summed E-state index contributed by atoms with van der Waals surface area (Å²) in [6.45, 7) is 9.15. The van der Waals surface area contributed by atoms with Crippen LogP contribution in [0.1, 0.15) is 41.2 Å². The average Bonchev–Trinajstić information content (AvgIpc) is 2.39. The maximum atomic E-state index is 4.41. The van der Waals surface area contributed by atoms with E-state index in [1.54, 1.807) is 0 Å². The number of nitrogens with zero attached hydrogens (tertiary/aromatic N) is 2. The highest BCUT2D eigenvalue weighted by Crippen LogP contribution is 2.19. The molecule has 0 spiro atoms. The van der Waals surface area contributed by atoms with Gasteiger partial charge >= 0.3 is 0 Å². The zero-order chi connectivity index (χ0) is 13.8. The molecule has 1 atom stereocenters. The first-order chi connectivity index (χ1) is 9.06. The fourth-order valence-electron chi connectivity index (χ4n) is 2.20. The molecule has 0 bridgehead atoms. The van der Waals surface area contributed by atoms with E-state index in [9.17, 15) is 0 Å². The summed E-state index contributed by atoms with van der Waals surface area (Å²) in [5.41, 5.74) is 5.01. The highest BCUT2D eigenvalue weighted by atomic mass is 14.9. The van der Waals surface area contributed by atoms with Crippen LogP contribution in [0.3, 0.4) is 0 Å². The van der Waals surface area contributed by atoms with Gasteiger partial charge in [0, 0.05) is 18.8 Å². The van der Waals surface area contributed by atoms with Gasteiger partial charge in [0.05, 0.1) is 5.69 Å². The van der Waals surface area contributed by atoms with E-state index in [-0.39, 0.29) is 0 Å². The molecule has 100 valence electrons. The minimum absolute atomic E-state index is 0.315. The summed E-state index contributed by atoms with van der Waals surface area (Å²) in [4.78, 5) is 8.52. The summed E-state index contributed by atoms with van der Waals surface area (Å²) >= 11 is 0. The van der Waals surface area contributed by atoms with Crippen LogP contribution in [0.2, 0.25) is 0 Å². The highest BCUT2D eigenvalue weighted by Gasteiger charge is 2.08. The van der Waals surface area contributed by atoms with Crippen LogP contribution in [-0.4, -0.2) is 9.97 Å². The van der Waals surface area contributed by atoms with Crippen LogP contribution in [0.25, 0.3) is 0 Å². The number of rotatable bonds is 4. The number of hydrogen-bond acceptors (Lipinski definition) is 3. The molecule has 0 aliphatic rings. The molecule has 0 saturated heterocycles. The van der Waals surface area contributed by atoms with E-state index in [2.05, 4.69) is 54.3 Å². The Labute approximate surface area is 115 Å². The second kappa shape index (κ2) is 5.93. The highest BCUT2D eigenvalue weighted by molar-refractivity contribution is 5.32. The SMILES string of the molecule is Cc1ccc(C)c(C(C)NCc2ccnc(C)n2)c1. The Morgan fingerprint density at radius 3 is 2.68 bits per heavy atom. The molecule has 1 aromatic carbocycles. The molecule has 1 N–H and O–H groups in total. The van der Waals surface area contributed by atoms with Crippen molar-refractivity contribution in [1.82, 2.24) is 15.3 Å². The van der Waals surface area contributed by atoms with Crippen molar-refractivity contribution in [3.05, 3.63) is 58.7 Å². The summed E-state index contributed by atoms with van der Waals surface area (Å²) in [7, 11) is 0. The Balaban J connectivity index is 2.05. The first-order valence-corrected chi connectivity index (χ1v) is 6.65. The van der Waals surface area contributed by atoms with Gasteiger partial charge in [-0.1, -0.05) is 23.8 Å². The van der Waals surface area contributed by atoms with Gasteiger partial charge in [0.2, 0.25) is 0 Å². The third-order valence-electron chi connectivity index (χ3n) is 3.32. The quantitative estimate of drug-likeness (QED) is 0.911. The third kappa shape index (κ3) is 3.61. The molecular weight excluding hydrogens is 234 g/mol. The Bertz CT molecular complexity index is 564. The second-order valence-corrected chi connectivity index (χ2v) is 5.06. The largest absolute Gasteiger partial charge is 0.305 e. The summed E-state index contributed by atoms with van der Waals surface area (Å²) in [5, 5.41) is 3.52. The van der Waals surface area contributed by atoms with Gasteiger partial charge in [-0.05, 0) is 44.9 Å². The molecule has 2 rings (SSSR count). The number of nitrogens with one attached hydrogen (secondary N) is 1. The van der Waals surface area contributed by atoms with Crippen molar-refractivity contribution in [3.63, 3.8) is 0 Å². The van der Waals surface area contributed by atoms with E-state index in [0.717, 1.165) is 18.1 Å². The molecular formula is C16H21N3. The fraction of sp³-hybridized carbons (Fsp3) is 0.375. The van der Waals surface area contributed by atoms with E-state index in [1.165, 1.54) is 16.7 Å². The Hall–Kier alpha value is -1.74. The molecule has 0 aliphatic heterocycles. The Morgan fingerprint density at radius 2 is 1.95 bits per heavy atom. The predicted octanol–water partition coefficient (Wildman–Crippen LogP) is 3.25. The molecule has 2 aromatic rings. The van der Waals surface area contributed by atoms with E-state index >= 15 is 0 Å². The first-order valence-electron chi connectivity index (χ1n) is 6.65. The first kappa shape index (κ1) is 13.7. The maximum absolute atomic E-state index is 4.41. The van der Waals surface area contributed by atoms with Gasteiger partial charge in [0.1, 0.15) is 5.82 Å². The van der Waals surface area contributed by atoms with Crippen molar-refractivity contribution >= 4 is 0 Å². The molecule has 0 radical (unpaired) electrons. The van der Waals surface area contributed by atoms with E-state index in [4.69, 9.17) is 0 Å². The smallest absolute Gasteiger partial charge is 0.125 e. The van der Waals surface area contributed by atoms with Crippen LogP contribution < -0.4 is 5.32 Å². The van der Waals surface area contributed by atoms with Crippen molar-refractivity contribution in [2.24, 2.45) is 0 Å². The van der Waals surface area contributed by atoms with Gasteiger partial charge in [0.25, 0.3) is 0 Å². The monoisotopic (exact) mass is 255 g/mol. The predicted molar refractivity (Wildman–Crippen MR) is 77.9 cm³/mol. The van der Waals surface area contributed by atoms with Gasteiger partial charge in [-0.15, -0.1) is 0 Å². The standard InChI is InChI=1S/C16H21N3/c1-11-5-6-12(2)16(9-11)13(3)18-10-15-7-8-17-14(4)19-15/h5-9,13,18H,10H2,1-4H3. The molecule has 1 heterocycles. The van der Waals surface area contributed by atoms with Gasteiger partial charge in [-0.2, -0.15) is 0 Å². The lowest BCUT2D eigenvalue weighted by atomic mass is 10.00. The molecule has 19 heavy (non-hydrogen) atoms. The third-order valence-corrected chi connectivity index (χ3v) is 3.32. The van der Waals surface area contributed by atoms with Gasteiger partial charge in [-0.25, -0.2) is 9.97 Å². The van der Waals surface area contributed by atoms with Crippen molar-refractivity contribution in [2.75, 3.05) is 0 Å². The molecule has 0 fully saturated rings. The summed E-state index contributed by atoms with van der Waals surface area (Å²) in [5.74, 6) is 0.818. The Kier molecular flexibility index (Phi) is 4.27. The minimum atomic E-state index is 0.315. The molecule has 0 aliphatic carbocycles. The molecule has 1 aromatic heterocycles. The van der Waals surface area contributed by atoms with Crippen LogP contribution in [0.5, 0.6) is 0 Å². The molecule has 3 heteroatoms. The maximum Gasteiger partial charge on any atom is 0.125 e. The topological polar surface area (TPSA) is 37.8 Å². The molecule has 0 saturated carbocycles. The van der Waals surface area contributed by atoms with Gasteiger partial charge in [0.15, 0.2) is 0 Å². The zero-order valence-corrected chi connectivity index (χ0v) is 12.1. The van der Waals surface area contributed by atoms with E-state index < -0.39 is 0 Å². The van der Waals surface area contributed by atoms with Crippen LogP contribution >= 0.6 is 0 Å². The van der Waals surface area contributed by atoms with Crippen molar-refractivity contribution in [3.8, 4) is 0 Å². The van der Waals surface area contributed by atoms with E-state index in [0.29, 0.717) is 6.04 Å². The van der Waals surface area contributed by atoms with Crippen LogP contribution in [0, 0.1) is 20.8 Å². The number of benzene rings is 1. The Morgan fingerprint density at radius 1 is 1.16 bits per heavy atom. The lowest BCUT2D eigenvalue weighted by Crippen LogP contribution is -2.20. The van der Waals surface area contributed by atoms with Crippen LogP contribution in [-0.2, 0) is 6.54 Å². The minimum Gasteiger partial charge on any atom is -0.305 e. The van der Waals surface area contributed by atoms with Crippen molar-refractivity contribution in [1.29, 1.82) is 0 Å².